The molecule has 0 saturated carbocycles. The van der Waals surface area contributed by atoms with Gasteiger partial charge in [0.25, 0.3) is 5.91 Å². The molecule has 3 aromatic rings. The first-order chi connectivity index (χ1) is 13.1. The van der Waals surface area contributed by atoms with Gasteiger partial charge >= 0.3 is 0 Å². The van der Waals surface area contributed by atoms with Gasteiger partial charge in [0, 0.05) is 17.5 Å². The summed E-state index contributed by atoms with van der Waals surface area (Å²) >= 11 is 1.54. The SMILES string of the molecule is CCc1sc(=NC(=O)c2ccc(OC)c(OC)c2)n(C)c1-c1ccccc1. The second-order valence-electron chi connectivity index (χ2n) is 5.92. The predicted octanol–water partition coefficient (Wildman–Crippen LogP) is 4.07. The third kappa shape index (κ3) is 3.80. The maximum absolute atomic E-state index is 12.7. The van der Waals surface area contributed by atoms with Crippen LogP contribution in [0.5, 0.6) is 11.5 Å². The molecule has 0 N–H and O–H groups in total. The quantitative estimate of drug-likeness (QED) is 0.668. The minimum Gasteiger partial charge on any atom is -0.493 e. The highest BCUT2D eigenvalue weighted by Crippen LogP contribution is 2.28. The van der Waals surface area contributed by atoms with E-state index in [0.717, 1.165) is 17.7 Å². The molecule has 0 fully saturated rings. The molecule has 3 rings (SSSR count). The molecule has 0 aliphatic carbocycles. The lowest BCUT2D eigenvalue weighted by molar-refractivity contribution is 0.0997. The van der Waals surface area contributed by atoms with E-state index in [1.54, 1.807) is 43.8 Å². The van der Waals surface area contributed by atoms with Crippen LogP contribution in [0.15, 0.2) is 53.5 Å². The van der Waals surface area contributed by atoms with Crippen LogP contribution in [0.4, 0.5) is 0 Å². The van der Waals surface area contributed by atoms with E-state index < -0.39 is 0 Å². The van der Waals surface area contributed by atoms with E-state index >= 15 is 0 Å². The molecule has 2 aromatic carbocycles. The van der Waals surface area contributed by atoms with Gasteiger partial charge in [-0.05, 0) is 30.2 Å². The summed E-state index contributed by atoms with van der Waals surface area (Å²) < 4.78 is 12.5. The number of hydrogen-bond donors (Lipinski definition) is 0. The Morgan fingerprint density at radius 2 is 1.78 bits per heavy atom. The zero-order valence-corrected chi connectivity index (χ0v) is 16.7. The first-order valence-electron chi connectivity index (χ1n) is 8.64. The zero-order valence-electron chi connectivity index (χ0n) is 15.9. The average molecular weight is 382 g/mol. The summed E-state index contributed by atoms with van der Waals surface area (Å²) in [4.78, 5) is 18.9. The van der Waals surface area contributed by atoms with Crippen LogP contribution < -0.4 is 14.3 Å². The maximum Gasteiger partial charge on any atom is 0.279 e. The molecule has 0 bridgehead atoms. The lowest BCUT2D eigenvalue weighted by Gasteiger charge is -2.07. The molecular formula is C21H22N2O3S. The minimum absolute atomic E-state index is 0.310. The highest BCUT2D eigenvalue weighted by atomic mass is 32.1. The second kappa shape index (κ2) is 8.22. The molecule has 5 nitrogen and oxygen atoms in total. The number of carbonyl (C=O) groups excluding carboxylic acids is 1. The summed E-state index contributed by atoms with van der Waals surface area (Å²) in [5.74, 6) is 0.777. The summed E-state index contributed by atoms with van der Waals surface area (Å²) in [7, 11) is 5.05. The summed E-state index contributed by atoms with van der Waals surface area (Å²) in [6, 6.07) is 15.2. The van der Waals surface area contributed by atoms with Crippen LogP contribution in [0.3, 0.4) is 0 Å². The molecule has 0 aliphatic heterocycles. The van der Waals surface area contributed by atoms with Crippen molar-refractivity contribution in [3.8, 4) is 22.8 Å². The van der Waals surface area contributed by atoms with Crippen LogP contribution >= 0.6 is 11.3 Å². The molecule has 1 heterocycles. The summed E-state index contributed by atoms with van der Waals surface area (Å²) in [6.07, 6.45) is 0.878. The summed E-state index contributed by atoms with van der Waals surface area (Å²) in [6.45, 7) is 2.11. The van der Waals surface area contributed by atoms with E-state index in [0.29, 0.717) is 21.9 Å². The Balaban J connectivity index is 2.05. The normalized spacial score (nSPS) is 11.5. The lowest BCUT2D eigenvalue weighted by atomic mass is 10.1. The molecule has 0 radical (unpaired) electrons. The van der Waals surface area contributed by atoms with Gasteiger partial charge in [0.05, 0.1) is 19.9 Å². The maximum atomic E-state index is 12.7. The van der Waals surface area contributed by atoms with Crippen molar-refractivity contribution in [3.63, 3.8) is 0 Å². The van der Waals surface area contributed by atoms with Crippen molar-refractivity contribution in [1.82, 2.24) is 4.57 Å². The fraction of sp³-hybridized carbons (Fsp3) is 0.238. The Morgan fingerprint density at radius 3 is 2.41 bits per heavy atom. The zero-order chi connectivity index (χ0) is 19.4. The van der Waals surface area contributed by atoms with Crippen LogP contribution in [0.25, 0.3) is 11.3 Å². The predicted molar refractivity (Wildman–Crippen MR) is 108 cm³/mol. The number of benzene rings is 2. The van der Waals surface area contributed by atoms with Crippen LogP contribution in [-0.2, 0) is 13.5 Å². The minimum atomic E-state index is -0.310. The van der Waals surface area contributed by atoms with Crippen molar-refractivity contribution in [1.29, 1.82) is 0 Å². The third-order valence-corrected chi connectivity index (χ3v) is 5.57. The topological polar surface area (TPSA) is 52.8 Å². The number of nitrogens with zero attached hydrogens (tertiary/aromatic N) is 2. The van der Waals surface area contributed by atoms with Crippen LogP contribution in [-0.4, -0.2) is 24.7 Å². The molecule has 140 valence electrons. The Kier molecular flexibility index (Phi) is 5.76. The molecule has 0 unspecified atom stereocenters. The van der Waals surface area contributed by atoms with Crippen molar-refractivity contribution in [3.05, 3.63) is 63.8 Å². The Labute approximate surface area is 162 Å². The summed E-state index contributed by atoms with van der Waals surface area (Å²) in [5, 5.41) is 0. The second-order valence-corrected chi connectivity index (χ2v) is 6.98. The number of methoxy groups -OCH3 is 2. The number of amides is 1. The smallest absolute Gasteiger partial charge is 0.279 e. The van der Waals surface area contributed by atoms with Crippen molar-refractivity contribution in [2.24, 2.45) is 12.0 Å². The third-order valence-electron chi connectivity index (χ3n) is 4.30. The van der Waals surface area contributed by atoms with E-state index in [9.17, 15) is 4.79 Å². The van der Waals surface area contributed by atoms with Crippen molar-refractivity contribution in [2.75, 3.05) is 14.2 Å². The average Bonchev–Trinajstić information content (AvgIpc) is 3.03. The number of carbonyl (C=O) groups is 1. The first kappa shape index (κ1) is 18.9. The molecule has 0 aliphatic rings. The number of thiazole rings is 1. The molecule has 1 amide bonds. The standard InChI is InChI=1S/C21H22N2O3S/c1-5-18-19(14-9-7-6-8-10-14)23(2)21(27-18)22-20(24)15-11-12-16(25-3)17(13-15)26-4/h6-13H,5H2,1-4H3. The number of aromatic nitrogens is 1. The Bertz CT molecular complexity index is 1020. The van der Waals surface area contributed by atoms with Gasteiger partial charge in [-0.2, -0.15) is 4.99 Å². The highest BCUT2D eigenvalue weighted by Gasteiger charge is 2.14. The molecule has 27 heavy (non-hydrogen) atoms. The number of hydrogen-bond acceptors (Lipinski definition) is 4. The van der Waals surface area contributed by atoms with Crippen LogP contribution in [0.2, 0.25) is 0 Å². The number of aryl methyl sites for hydroxylation is 1. The van der Waals surface area contributed by atoms with Gasteiger partial charge in [-0.1, -0.05) is 37.3 Å². The molecule has 0 saturated heterocycles. The van der Waals surface area contributed by atoms with E-state index in [4.69, 9.17) is 9.47 Å². The lowest BCUT2D eigenvalue weighted by Crippen LogP contribution is -2.14. The van der Waals surface area contributed by atoms with Crippen molar-refractivity contribution in [2.45, 2.75) is 13.3 Å². The fourth-order valence-electron chi connectivity index (χ4n) is 2.92. The molecule has 6 heteroatoms. The Hall–Kier alpha value is -2.86. The molecule has 0 atom stereocenters. The van der Waals surface area contributed by atoms with Gasteiger partial charge in [-0.25, -0.2) is 0 Å². The van der Waals surface area contributed by atoms with Crippen molar-refractivity contribution >= 4 is 17.2 Å². The largest absolute Gasteiger partial charge is 0.493 e. The molecule has 1 aromatic heterocycles. The van der Waals surface area contributed by atoms with Crippen LogP contribution in [0.1, 0.15) is 22.2 Å². The highest BCUT2D eigenvalue weighted by molar-refractivity contribution is 7.09. The van der Waals surface area contributed by atoms with Gasteiger partial charge < -0.3 is 14.0 Å². The first-order valence-corrected chi connectivity index (χ1v) is 9.45. The van der Waals surface area contributed by atoms with Gasteiger partial charge in [0.1, 0.15) is 0 Å². The molecular weight excluding hydrogens is 360 g/mol. The van der Waals surface area contributed by atoms with Gasteiger partial charge in [0.2, 0.25) is 0 Å². The van der Waals surface area contributed by atoms with E-state index in [2.05, 4.69) is 24.0 Å². The Morgan fingerprint density at radius 1 is 1.07 bits per heavy atom. The van der Waals surface area contributed by atoms with Crippen LogP contribution in [0, 0.1) is 0 Å². The van der Waals surface area contributed by atoms with Gasteiger partial charge in [-0.3, -0.25) is 4.79 Å². The van der Waals surface area contributed by atoms with Gasteiger partial charge in [0.15, 0.2) is 16.3 Å². The van der Waals surface area contributed by atoms with E-state index in [1.807, 2.05) is 29.8 Å². The van der Waals surface area contributed by atoms with Crippen molar-refractivity contribution < 1.29 is 14.3 Å². The summed E-state index contributed by atoms with van der Waals surface area (Å²) in [5.41, 5.74) is 2.68. The number of rotatable bonds is 5. The van der Waals surface area contributed by atoms with Gasteiger partial charge in [-0.15, -0.1) is 11.3 Å². The van der Waals surface area contributed by atoms with E-state index in [-0.39, 0.29) is 5.91 Å². The fourth-order valence-corrected chi connectivity index (χ4v) is 3.99. The number of ether oxygens (including phenoxy) is 2. The van der Waals surface area contributed by atoms with E-state index in [1.165, 1.54) is 4.88 Å². The monoisotopic (exact) mass is 382 g/mol. The molecule has 0 spiro atoms.